The van der Waals surface area contributed by atoms with Gasteiger partial charge in [-0.1, -0.05) is 29.4 Å². The number of carbonyl (C=O) groups is 1. The third-order valence-corrected chi connectivity index (χ3v) is 5.55. The predicted octanol–water partition coefficient (Wildman–Crippen LogP) is 5.34. The molecule has 0 aliphatic carbocycles. The Kier molecular flexibility index (Phi) is 5.97. The highest BCUT2D eigenvalue weighted by Gasteiger charge is 2.28. The lowest BCUT2D eigenvalue weighted by Crippen LogP contribution is -2.40. The van der Waals surface area contributed by atoms with Crippen LogP contribution in [0.2, 0.25) is 0 Å². The number of carbonyl (C=O) groups excluding carboxylic acids is 1. The molecule has 0 saturated carbocycles. The Morgan fingerprint density at radius 2 is 1.67 bits per heavy atom. The molecule has 2 aromatic heterocycles. The number of ether oxygens (including phenoxy) is 1. The van der Waals surface area contributed by atoms with Crippen LogP contribution in [0.3, 0.4) is 0 Å². The first-order valence-corrected chi connectivity index (χ1v) is 10.9. The van der Waals surface area contributed by atoms with Crippen LogP contribution < -0.4 is 10.1 Å². The number of anilines is 1. The average molecular weight is 441 g/mol. The first-order chi connectivity index (χ1) is 16.2. The molecule has 0 unspecified atom stereocenters. The van der Waals surface area contributed by atoms with Crippen molar-refractivity contribution in [1.29, 1.82) is 0 Å². The maximum atomic E-state index is 12.7. The fourth-order valence-electron chi connectivity index (χ4n) is 3.76. The van der Waals surface area contributed by atoms with E-state index in [4.69, 9.17) is 9.26 Å². The molecular weight excluding hydrogens is 418 g/mol. The summed E-state index contributed by atoms with van der Waals surface area (Å²) in [5, 5.41) is 7.01. The first kappa shape index (κ1) is 20.7. The highest BCUT2D eigenvalue weighted by molar-refractivity contribution is 5.89. The molecule has 1 N–H and O–H groups in total. The molecule has 33 heavy (non-hydrogen) atoms. The van der Waals surface area contributed by atoms with Gasteiger partial charge in [-0.05, 0) is 61.4 Å². The highest BCUT2D eigenvalue weighted by atomic mass is 16.5. The molecule has 8 heteroatoms. The van der Waals surface area contributed by atoms with E-state index in [9.17, 15) is 4.79 Å². The summed E-state index contributed by atoms with van der Waals surface area (Å²) in [6.07, 6.45) is 3.23. The Morgan fingerprint density at radius 1 is 0.939 bits per heavy atom. The fraction of sp³-hybridized carbons (Fsp3) is 0.200. The number of hydrogen-bond acceptors (Lipinski definition) is 6. The molecule has 3 heterocycles. The average Bonchev–Trinajstić information content (AvgIpc) is 3.37. The third-order valence-electron chi connectivity index (χ3n) is 5.55. The summed E-state index contributed by atoms with van der Waals surface area (Å²) in [4.78, 5) is 23.3. The van der Waals surface area contributed by atoms with Gasteiger partial charge in [0.15, 0.2) is 0 Å². The minimum Gasteiger partial charge on any atom is -0.457 e. The van der Waals surface area contributed by atoms with Crippen LogP contribution in [0.1, 0.15) is 24.7 Å². The van der Waals surface area contributed by atoms with Gasteiger partial charge in [0.1, 0.15) is 17.2 Å². The van der Waals surface area contributed by atoms with Crippen LogP contribution in [0.4, 0.5) is 10.5 Å². The Labute approximate surface area is 191 Å². The lowest BCUT2D eigenvalue weighted by molar-refractivity contribution is 0.187. The molecule has 166 valence electrons. The smallest absolute Gasteiger partial charge is 0.321 e. The predicted molar refractivity (Wildman–Crippen MR) is 123 cm³/mol. The van der Waals surface area contributed by atoms with Gasteiger partial charge in [0, 0.05) is 30.9 Å². The van der Waals surface area contributed by atoms with Gasteiger partial charge in [-0.15, -0.1) is 0 Å². The van der Waals surface area contributed by atoms with Gasteiger partial charge in [-0.3, -0.25) is 4.98 Å². The summed E-state index contributed by atoms with van der Waals surface area (Å²) in [5.41, 5.74) is 1.41. The second-order valence-electron chi connectivity index (χ2n) is 7.80. The van der Waals surface area contributed by atoms with Gasteiger partial charge >= 0.3 is 6.03 Å². The van der Waals surface area contributed by atoms with Crippen LogP contribution >= 0.6 is 0 Å². The minimum atomic E-state index is -0.120. The van der Waals surface area contributed by atoms with Crippen LogP contribution in [-0.2, 0) is 0 Å². The quantitative estimate of drug-likeness (QED) is 0.450. The van der Waals surface area contributed by atoms with Gasteiger partial charge in [0.25, 0.3) is 0 Å². The molecule has 1 aliphatic rings. The summed E-state index contributed by atoms with van der Waals surface area (Å²) < 4.78 is 11.3. The molecular formula is C25H23N5O3. The molecule has 0 spiro atoms. The number of para-hydroxylation sites is 1. The second kappa shape index (κ2) is 9.52. The van der Waals surface area contributed by atoms with E-state index < -0.39 is 0 Å². The topological polar surface area (TPSA) is 93.4 Å². The summed E-state index contributed by atoms with van der Waals surface area (Å²) >= 11 is 0. The number of hydrogen-bond donors (Lipinski definition) is 1. The van der Waals surface area contributed by atoms with Gasteiger partial charge in [0.2, 0.25) is 11.7 Å². The van der Waals surface area contributed by atoms with Crippen molar-refractivity contribution < 1.29 is 14.1 Å². The molecule has 0 atom stereocenters. The van der Waals surface area contributed by atoms with Gasteiger partial charge < -0.3 is 19.5 Å². The van der Waals surface area contributed by atoms with Gasteiger partial charge in [0.05, 0.1) is 0 Å². The van der Waals surface area contributed by atoms with Crippen LogP contribution in [0.15, 0.2) is 83.5 Å². The number of nitrogens with zero attached hydrogens (tertiary/aromatic N) is 4. The normalized spacial score (nSPS) is 14.1. The van der Waals surface area contributed by atoms with Crippen molar-refractivity contribution in [2.75, 3.05) is 18.4 Å². The monoisotopic (exact) mass is 441 g/mol. The van der Waals surface area contributed by atoms with E-state index in [0.717, 1.165) is 24.3 Å². The minimum absolute atomic E-state index is 0.120. The number of rotatable bonds is 5. The van der Waals surface area contributed by atoms with E-state index in [1.54, 1.807) is 11.1 Å². The third kappa shape index (κ3) is 5.01. The molecule has 4 aromatic rings. The Bertz CT molecular complexity index is 1190. The summed E-state index contributed by atoms with van der Waals surface area (Å²) in [6, 6.07) is 22.4. The van der Waals surface area contributed by atoms with Crippen molar-refractivity contribution in [2.24, 2.45) is 0 Å². The number of benzene rings is 2. The van der Waals surface area contributed by atoms with Crippen molar-refractivity contribution in [3.05, 3.63) is 84.9 Å². The van der Waals surface area contributed by atoms with Gasteiger partial charge in [-0.2, -0.15) is 4.98 Å². The molecule has 2 amide bonds. The van der Waals surface area contributed by atoms with Crippen LogP contribution in [0, 0.1) is 0 Å². The van der Waals surface area contributed by atoms with Crippen molar-refractivity contribution in [2.45, 2.75) is 18.8 Å². The first-order valence-electron chi connectivity index (χ1n) is 10.9. The lowest BCUT2D eigenvalue weighted by Gasteiger charge is -2.30. The summed E-state index contributed by atoms with van der Waals surface area (Å²) in [6.45, 7) is 1.24. The second-order valence-corrected chi connectivity index (χ2v) is 7.80. The van der Waals surface area contributed by atoms with E-state index in [-0.39, 0.29) is 11.9 Å². The van der Waals surface area contributed by atoms with E-state index in [0.29, 0.717) is 36.2 Å². The molecule has 1 fully saturated rings. The Morgan fingerprint density at radius 3 is 2.39 bits per heavy atom. The SMILES string of the molecule is O=C(Nc1ccc(Oc2ccccc2)cc1)N1CCC(c2nc(-c3ccccn3)no2)CC1. The molecule has 0 bridgehead atoms. The zero-order chi connectivity index (χ0) is 22.5. The van der Waals surface area contributed by atoms with Crippen LogP contribution in [-0.4, -0.2) is 39.1 Å². The zero-order valence-corrected chi connectivity index (χ0v) is 17.9. The van der Waals surface area contributed by atoms with Crippen LogP contribution in [0.5, 0.6) is 11.5 Å². The standard InChI is InChI=1S/C25H23N5O3/c31-25(27-19-9-11-21(12-10-19)32-20-6-2-1-3-7-20)30-16-13-18(14-17-30)24-28-23(29-33-24)22-8-4-5-15-26-22/h1-12,15,18H,13-14,16-17H2,(H,27,31). The van der Waals surface area contributed by atoms with Gasteiger partial charge in [-0.25, -0.2) is 4.79 Å². The summed E-state index contributed by atoms with van der Waals surface area (Å²) in [5.74, 6) is 2.71. The zero-order valence-electron chi connectivity index (χ0n) is 17.9. The number of aromatic nitrogens is 3. The Hall–Kier alpha value is -4.20. The van der Waals surface area contributed by atoms with Crippen LogP contribution in [0.25, 0.3) is 11.5 Å². The maximum Gasteiger partial charge on any atom is 0.321 e. The molecule has 0 radical (unpaired) electrons. The van der Waals surface area contributed by atoms with Crippen molar-refractivity contribution in [1.82, 2.24) is 20.0 Å². The molecule has 1 saturated heterocycles. The number of piperidine rings is 1. The van der Waals surface area contributed by atoms with E-state index >= 15 is 0 Å². The number of amides is 2. The number of urea groups is 1. The van der Waals surface area contributed by atoms with Crippen molar-refractivity contribution >= 4 is 11.7 Å². The number of pyridine rings is 1. The molecule has 8 nitrogen and oxygen atoms in total. The highest BCUT2D eigenvalue weighted by Crippen LogP contribution is 2.29. The fourth-order valence-corrected chi connectivity index (χ4v) is 3.76. The van der Waals surface area contributed by atoms with E-state index in [2.05, 4.69) is 20.4 Å². The lowest BCUT2D eigenvalue weighted by atomic mass is 9.97. The van der Waals surface area contributed by atoms with E-state index in [1.165, 1.54) is 0 Å². The largest absolute Gasteiger partial charge is 0.457 e. The summed E-state index contributed by atoms with van der Waals surface area (Å²) in [7, 11) is 0. The van der Waals surface area contributed by atoms with Crippen molar-refractivity contribution in [3.8, 4) is 23.0 Å². The molecule has 5 rings (SSSR count). The molecule has 1 aliphatic heterocycles. The number of nitrogens with one attached hydrogen (secondary N) is 1. The van der Waals surface area contributed by atoms with E-state index in [1.807, 2.05) is 72.8 Å². The number of likely N-dealkylation sites (tertiary alicyclic amines) is 1. The maximum absolute atomic E-state index is 12.7. The van der Waals surface area contributed by atoms with Crippen molar-refractivity contribution in [3.63, 3.8) is 0 Å². The molecule has 2 aromatic carbocycles. The Balaban J connectivity index is 1.13.